The molecule has 0 aromatic heterocycles. The van der Waals surface area contributed by atoms with Gasteiger partial charge in [-0.05, 0) is 30.2 Å². The van der Waals surface area contributed by atoms with Crippen molar-refractivity contribution in [3.05, 3.63) is 69.7 Å². The van der Waals surface area contributed by atoms with Gasteiger partial charge in [0, 0.05) is 11.0 Å². The molecule has 21 heavy (non-hydrogen) atoms. The van der Waals surface area contributed by atoms with E-state index in [1.54, 1.807) is 11.8 Å². The molecule has 108 valence electrons. The number of hydrogen-bond donors (Lipinski definition) is 0. The number of carbonyl (C=O) groups is 1. The van der Waals surface area contributed by atoms with E-state index in [9.17, 15) is 4.79 Å². The van der Waals surface area contributed by atoms with Gasteiger partial charge in [0.05, 0.1) is 5.75 Å². The summed E-state index contributed by atoms with van der Waals surface area (Å²) in [5, 5.41) is 0.108. The van der Waals surface area contributed by atoms with Crippen LogP contribution < -0.4 is 0 Å². The molecule has 2 nitrogen and oxygen atoms in total. The number of thioether (sulfide) groups is 1. The van der Waals surface area contributed by atoms with Gasteiger partial charge in [0.15, 0.2) is 0 Å². The number of halogens is 1. The van der Waals surface area contributed by atoms with Crippen LogP contribution in [0.4, 0.5) is 0 Å². The summed E-state index contributed by atoms with van der Waals surface area (Å²) in [6.45, 7) is 2.74. The lowest BCUT2D eigenvalue weighted by Gasteiger charge is -2.24. The fourth-order valence-electron chi connectivity index (χ4n) is 2.45. The molecular formula is C17H16BrNOS. The smallest absolute Gasteiger partial charge is 0.234 e. The van der Waals surface area contributed by atoms with Crippen LogP contribution in [0.15, 0.2) is 53.0 Å². The van der Waals surface area contributed by atoms with Gasteiger partial charge in [0.1, 0.15) is 5.37 Å². The Kier molecular flexibility index (Phi) is 4.36. The Labute approximate surface area is 137 Å². The Balaban J connectivity index is 1.84. The zero-order chi connectivity index (χ0) is 14.8. The number of rotatable bonds is 3. The molecule has 0 spiro atoms. The molecule has 1 amide bonds. The summed E-state index contributed by atoms with van der Waals surface area (Å²) in [4.78, 5) is 14.2. The van der Waals surface area contributed by atoms with Gasteiger partial charge in [0.2, 0.25) is 5.91 Å². The van der Waals surface area contributed by atoms with E-state index in [-0.39, 0.29) is 11.3 Å². The van der Waals surface area contributed by atoms with E-state index in [0.717, 1.165) is 4.47 Å². The van der Waals surface area contributed by atoms with Crippen molar-refractivity contribution in [2.45, 2.75) is 18.8 Å². The van der Waals surface area contributed by atoms with Crippen molar-refractivity contribution in [2.24, 2.45) is 0 Å². The van der Waals surface area contributed by atoms with Gasteiger partial charge in [-0.1, -0.05) is 57.9 Å². The summed E-state index contributed by atoms with van der Waals surface area (Å²) in [6.07, 6.45) is 0. The Morgan fingerprint density at radius 1 is 1.24 bits per heavy atom. The van der Waals surface area contributed by atoms with Crippen LogP contribution in [0.3, 0.4) is 0 Å². The van der Waals surface area contributed by atoms with Crippen molar-refractivity contribution in [1.29, 1.82) is 0 Å². The van der Waals surface area contributed by atoms with Gasteiger partial charge in [-0.3, -0.25) is 4.79 Å². The maximum Gasteiger partial charge on any atom is 0.234 e. The molecule has 1 aliphatic heterocycles. The molecular weight excluding hydrogens is 346 g/mol. The van der Waals surface area contributed by atoms with E-state index in [2.05, 4.69) is 59.3 Å². The number of nitrogens with zero attached hydrogens (tertiary/aromatic N) is 1. The van der Waals surface area contributed by atoms with Crippen molar-refractivity contribution in [3.63, 3.8) is 0 Å². The SMILES string of the molecule is Cc1ccc(CN2C(=O)CS[C@@H]2c2cccc(Br)c2)cc1. The normalized spacial score (nSPS) is 18.3. The number of hydrogen-bond acceptors (Lipinski definition) is 2. The van der Waals surface area contributed by atoms with Crippen LogP contribution in [0.1, 0.15) is 22.1 Å². The predicted octanol–water partition coefficient (Wildman–Crippen LogP) is 4.53. The zero-order valence-electron chi connectivity index (χ0n) is 11.8. The fourth-order valence-corrected chi connectivity index (χ4v) is 4.05. The summed E-state index contributed by atoms with van der Waals surface area (Å²) in [6, 6.07) is 16.6. The molecule has 0 bridgehead atoms. The first-order valence-electron chi connectivity index (χ1n) is 6.85. The first kappa shape index (κ1) is 14.7. The maximum absolute atomic E-state index is 12.2. The molecule has 1 fully saturated rings. The summed E-state index contributed by atoms with van der Waals surface area (Å²) < 4.78 is 1.05. The predicted molar refractivity (Wildman–Crippen MR) is 91.1 cm³/mol. The third-order valence-corrected chi connectivity index (χ3v) is 5.32. The van der Waals surface area contributed by atoms with E-state index in [0.29, 0.717) is 12.3 Å². The van der Waals surface area contributed by atoms with Crippen LogP contribution in [0, 0.1) is 6.92 Å². The Morgan fingerprint density at radius 2 is 2.00 bits per heavy atom. The van der Waals surface area contributed by atoms with Gasteiger partial charge >= 0.3 is 0 Å². The largest absolute Gasteiger partial charge is 0.322 e. The molecule has 1 atom stereocenters. The molecule has 1 saturated heterocycles. The highest BCUT2D eigenvalue weighted by Crippen LogP contribution is 2.40. The van der Waals surface area contributed by atoms with Crippen LogP contribution in [0.5, 0.6) is 0 Å². The average Bonchev–Trinajstić information content (AvgIpc) is 2.83. The van der Waals surface area contributed by atoms with Gasteiger partial charge in [-0.25, -0.2) is 0 Å². The lowest BCUT2D eigenvalue weighted by Crippen LogP contribution is -2.27. The van der Waals surface area contributed by atoms with E-state index in [1.165, 1.54) is 16.7 Å². The summed E-state index contributed by atoms with van der Waals surface area (Å²) in [7, 11) is 0. The minimum atomic E-state index is 0.108. The number of amides is 1. The number of carbonyl (C=O) groups excluding carboxylic acids is 1. The lowest BCUT2D eigenvalue weighted by atomic mass is 10.1. The van der Waals surface area contributed by atoms with E-state index in [4.69, 9.17) is 0 Å². The third kappa shape index (κ3) is 3.33. The van der Waals surface area contributed by atoms with Crippen molar-refractivity contribution in [1.82, 2.24) is 4.90 Å². The molecule has 1 heterocycles. The Bertz CT molecular complexity index is 656. The second-order valence-electron chi connectivity index (χ2n) is 5.23. The number of benzene rings is 2. The van der Waals surface area contributed by atoms with Gasteiger partial charge in [-0.2, -0.15) is 0 Å². The van der Waals surface area contributed by atoms with Crippen molar-refractivity contribution in [3.8, 4) is 0 Å². The van der Waals surface area contributed by atoms with Gasteiger partial charge < -0.3 is 4.90 Å². The van der Waals surface area contributed by atoms with Crippen LogP contribution in [-0.2, 0) is 11.3 Å². The topological polar surface area (TPSA) is 20.3 Å². The van der Waals surface area contributed by atoms with E-state index >= 15 is 0 Å². The molecule has 0 aliphatic carbocycles. The van der Waals surface area contributed by atoms with E-state index < -0.39 is 0 Å². The molecule has 0 unspecified atom stereocenters. The Morgan fingerprint density at radius 3 is 2.71 bits per heavy atom. The van der Waals surface area contributed by atoms with Crippen molar-refractivity contribution in [2.75, 3.05) is 5.75 Å². The van der Waals surface area contributed by atoms with Gasteiger partial charge in [-0.15, -0.1) is 11.8 Å². The molecule has 2 aromatic rings. The minimum Gasteiger partial charge on any atom is -0.322 e. The van der Waals surface area contributed by atoms with Crippen molar-refractivity contribution < 1.29 is 4.79 Å². The first-order chi connectivity index (χ1) is 10.1. The second-order valence-corrected chi connectivity index (χ2v) is 7.21. The summed E-state index contributed by atoms with van der Waals surface area (Å²) >= 11 is 5.20. The minimum absolute atomic E-state index is 0.108. The highest BCUT2D eigenvalue weighted by atomic mass is 79.9. The first-order valence-corrected chi connectivity index (χ1v) is 8.70. The van der Waals surface area contributed by atoms with E-state index in [1.807, 2.05) is 17.0 Å². The molecule has 0 N–H and O–H groups in total. The second kappa shape index (κ2) is 6.24. The van der Waals surface area contributed by atoms with Crippen LogP contribution in [0.25, 0.3) is 0 Å². The summed E-state index contributed by atoms with van der Waals surface area (Å²) in [5.74, 6) is 0.772. The van der Waals surface area contributed by atoms with Crippen LogP contribution >= 0.6 is 27.7 Å². The van der Waals surface area contributed by atoms with Crippen LogP contribution in [-0.4, -0.2) is 16.6 Å². The average molecular weight is 362 g/mol. The molecule has 3 rings (SSSR count). The maximum atomic E-state index is 12.2. The molecule has 0 saturated carbocycles. The Hall–Kier alpha value is -1.26. The quantitative estimate of drug-likeness (QED) is 0.800. The monoisotopic (exact) mass is 361 g/mol. The van der Waals surface area contributed by atoms with Crippen LogP contribution in [0.2, 0.25) is 0 Å². The fraction of sp³-hybridized carbons (Fsp3) is 0.235. The highest BCUT2D eigenvalue weighted by molar-refractivity contribution is 9.10. The molecule has 4 heteroatoms. The van der Waals surface area contributed by atoms with Gasteiger partial charge in [0.25, 0.3) is 0 Å². The number of aryl methyl sites for hydroxylation is 1. The molecule has 0 radical (unpaired) electrons. The lowest BCUT2D eigenvalue weighted by molar-refractivity contribution is -0.128. The molecule has 2 aromatic carbocycles. The third-order valence-electron chi connectivity index (χ3n) is 3.58. The van der Waals surface area contributed by atoms with Crippen molar-refractivity contribution >= 4 is 33.6 Å². The standard InChI is InChI=1S/C17H16BrNOS/c1-12-5-7-13(8-6-12)10-19-16(20)11-21-17(19)14-3-2-4-15(18)9-14/h2-9,17H,10-11H2,1H3/t17-/m1/s1. The zero-order valence-corrected chi connectivity index (χ0v) is 14.2. The highest BCUT2D eigenvalue weighted by Gasteiger charge is 2.32. The summed E-state index contributed by atoms with van der Waals surface area (Å²) in [5.41, 5.74) is 3.59. The molecule has 1 aliphatic rings.